The van der Waals surface area contributed by atoms with Crippen molar-refractivity contribution in [2.24, 2.45) is 0 Å². The van der Waals surface area contributed by atoms with E-state index in [1.54, 1.807) is 12.1 Å². The summed E-state index contributed by atoms with van der Waals surface area (Å²) in [7, 11) is 0. The van der Waals surface area contributed by atoms with Gasteiger partial charge >= 0.3 is 0 Å². The number of aromatic amines is 1. The van der Waals surface area contributed by atoms with Crippen LogP contribution in [0.25, 0.3) is 10.7 Å². The number of thiophene rings is 1. The molecular formula is C18H17N3O4S. The Labute approximate surface area is 153 Å². The highest BCUT2D eigenvalue weighted by Crippen LogP contribution is 2.21. The number of nitrogens with one attached hydrogen (secondary N) is 2. The van der Waals surface area contributed by atoms with Crippen molar-refractivity contribution in [1.82, 2.24) is 15.3 Å². The van der Waals surface area contributed by atoms with Crippen LogP contribution in [0.3, 0.4) is 0 Å². The standard InChI is InChI=1S/C18H17N3O4S/c22-10-12(9-11-5-2-1-3-6-11)19-17(24)14-15(23)18(25)21-16(20-14)13-7-4-8-26-13/h1-8,12,22-23H,9-10H2,(H,19,24)(H,20,21,25)/t12-/m0/s1. The van der Waals surface area contributed by atoms with Crippen molar-refractivity contribution < 1.29 is 15.0 Å². The molecule has 1 amide bonds. The van der Waals surface area contributed by atoms with Crippen molar-refractivity contribution in [2.45, 2.75) is 12.5 Å². The van der Waals surface area contributed by atoms with Gasteiger partial charge in [-0.05, 0) is 23.4 Å². The Morgan fingerprint density at radius 1 is 1.23 bits per heavy atom. The maximum Gasteiger partial charge on any atom is 0.294 e. The molecule has 26 heavy (non-hydrogen) atoms. The Kier molecular flexibility index (Phi) is 5.45. The van der Waals surface area contributed by atoms with E-state index < -0.39 is 23.3 Å². The van der Waals surface area contributed by atoms with Crippen LogP contribution in [-0.2, 0) is 6.42 Å². The maximum atomic E-state index is 12.5. The molecule has 1 aromatic carbocycles. The van der Waals surface area contributed by atoms with Crippen LogP contribution >= 0.6 is 11.3 Å². The Bertz CT molecular complexity index is 939. The van der Waals surface area contributed by atoms with E-state index >= 15 is 0 Å². The van der Waals surface area contributed by atoms with Crippen LogP contribution in [0.5, 0.6) is 5.75 Å². The second kappa shape index (κ2) is 7.94. The van der Waals surface area contributed by atoms with Gasteiger partial charge in [-0.3, -0.25) is 9.59 Å². The van der Waals surface area contributed by atoms with E-state index in [-0.39, 0.29) is 18.1 Å². The first kappa shape index (κ1) is 17.8. The topological polar surface area (TPSA) is 115 Å². The summed E-state index contributed by atoms with van der Waals surface area (Å²) in [5.41, 5.74) is -0.227. The number of H-pyrrole nitrogens is 1. The number of amides is 1. The lowest BCUT2D eigenvalue weighted by Crippen LogP contribution is -2.40. The minimum Gasteiger partial charge on any atom is -0.501 e. The molecular weight excluding hydrogens is 354 g/mol. The fourth-order valence-electron chi connectivity index (χ4n) is 2.47. The van der Waals surface area contributed by atoms with Gasteiger partial charge in [-0.1, -0.05) is 36.4 Å². The highest BCUT2D eigenvalue weighted by Gasteiger charge is 2.21. The van der Waals surface area contributed by atoms with Gasteiger partial charge in [0.05, 0.1) is 17.5 Å². The van der Waals surface area contributed by atoms with Gasteiger partial charge in [-0.15, -0.1) is 11.3 Å². The van der Waals surface area contributed by atoms with E-state index in [9.17, 15) is 19.8 Å². The number of hydrogen-bond donors (Lipinski definition) is 4. The van der Waals surface area contributed by atoms with Crippen LogP contribution < -0.4 is 10.9 Å². The van der Waals surface area contributed by atoms with Gasteiger partial charge in [0.15, 0.2) is 11.5 Å². The van der Waals surface area contributed by atoms with Crippen molar-refractivity contribution in [3.05, 3.63) is 69.5 Å². The van der Waals surface area contributed by atoms with Crippen molar-refractivity contribution in [2.75, 3.05) is 6.61 Å². The first-order valence-corrected chi connectivity index (χ1v) is 8.79. The molecule has 0 aliphatic carbocycles. The molecule has 7 nitrogen and oxygen atoms in total. The Morgan fingerprint density at radius 3 is 2.65 bits per heavy atom. The average Bonchev–Trinajstić information content (AvgIpc) is 3.18. The predicted octanol–water partition coefficient (Wildman–Crippen LogP) is 1.54. The molecule has 0 fully saturated rings. The first-order valence-electron chi connectivity index (χ1n) is 7.91. The lowest BCUT2D eigenvalue weighted by molar-refractivity contribution is 0.0908. The van der Waals surface area contributed by atoms with E-state index in [1.165, 1.54) is 11.3 Å². The van der Waals surface area contributed by atoms with Crippen LogP contribution in [0.2, 0.25) is 0 Å². The Balaban J connectivity index is 1.83. The largest absolute Gasteiger partial charge is 0.501 e. The molecule has 0 saturated carbocycles. The summed E-state index contributed by atoms with van der Waals surface area (Å²) in [5, 5.41) is 23.9. The first-order chi connectivity index (χ1) is 12.6. The molecule has 0 spiro atoms. The van der Waals surface area contributed by atoms with Crippen molar-refractivity contribution >= 4 is 17.2 Å². The summed E-state index contributed by atoms with van der Waals surface area (Å²) in [6, 6.07) is 12.3. The molecule has 4 N–H and O–H groups in total. The van der Waals surface area contributed by atoms with Crippen molar-refractivity contribution in [1.29, 1.82) is 0 Å². The number of rotatable bonds is 6. The molecule has 1 atom stereocenters. The maximum absolute atomic E-state index is 12.5. The summed E-state index contributed by atoms with van der Waals surface area (Å²) >= 11 is 1.35. The van der Waals surface area contributed by atoms with Crippen molar-refractivity contribution in [3.8, 4) is 16.5 Å². The van der Waals surface area contributed by atoms with Crippen LogP contribution in [0.15, 0.2) is 52.6 Å². The molecule has 0 aliphatic rings. The highest BCUT2D eigenvalue weighted by molar-refractivity contribution is 7.13. The fourth-order valence-corrected chi connectivity index (χ4v) is 3.14. The predicted molar refractivity (Wildman–Crippen MR) is 98.3 cm³/mol. The molecule has 2 aromatic heterocycles. The number of aliphatic hydroxyl groups excluding tert-OH is 1. The molecule has 3 rings (SSSR count). The average molecular weight is 371 g/mol. The van der Waals surface area contributed by atoms with Gasteiger partial charge in [0, 0.05) is 0 Å². The number of nitrogens with zero attached hydrogens (tertiary/aromatic N) is 1. The summed E-state index contributed by atoms with van der Waals surface area (Å²) in [5.74, 6) is -1.27. The molecule has 0 radical (unpaired) electrons. The molecule has 0 saturated heterocycles. The summed E-state index contributed by atoms with van der Waals surface area (Å²) in [6.07, 6.45) is 0.408. The molecule has 0 aliphatic heterocycles. The zero-order valence-corrected chi connectivity index (χ0v) is 14.5. The number of carbonyl (C=O) groups is 1. The zero-order chi connectivity index (χ0) is 18.5. The van der Waals surface area contributed by atoms with E-state index in [0.29, 0.717) is 11.3 Å². The zero-order valence-electron chi connectivity index (χ0n) is 13.7. The second-order valence-electron chi connectivity index (χ2n) is 5.63. The third kappa shape index (κ3) is 3.98. The molecule has 0 bridgehead atoms. The SMILES string of the molecule is O=C(N[C@H](CO)Cc1ccccc1)c1nc(-c2cccs2)[nH]c(=O)c1O. The summed E-state index contributed by atoms with van der Waals surface area (Å²) < 4.78 is 0. The normalized spacial score (nSPS) is 11.9. The highest BCUT2D eigenvalue weighted by atomic mass is 32.1. The quantitative estimate of drug-likeness (QED) is 0.525. The molecule has 3 aromatic rings. The van der Waals surface area contributed by atoms with Gasteiger partial charge in [0.1, 0.15) is 0 Å². The van der Waals surface area contributed by atoms with Crippen molar-refractivity contribution in [3.63, 3.8) is 0 Å². The third-order valence-electron chi connectivity index (χ3n) is 3.75. The fraction of sp³-hybridized carbons (Fsp3) is 0.167. The smallest absolute Gasteiger partial charge is 0.294 e. The van der Waals surface area contributed by atoms with Crippen LogP contribution in [0, 0.1) is 0 Å². The van der Waals surface area contributed by atoms with Crippen LogP contribution in [0.1, 0.15) is 16.1 Å². The molecule has 8 heteroatoms. The van der Waals surface area contributed by atoms with Gasteiger partial charge in [0.25, 0.3) is 11.5 Å². The summed E-state index contributed by atoms with van der Waals surface area (Å²) in [4.78, 5) is 31.6. The van der Waals surface area contributed by atoms with Crippen LogP contribution in [-0.4, -0.2) is 38.7 Å². The van der Waals surface area contributed by atoms with Gasteiger partial charge < -0.3 is 20.5 Å². The Morgan fingerprint density at radius 2 is 2.00 bits per heavy atom. The second-order valence-corrected chi connectivity index (χ2v) is 6.58. The number of aliphatic hydroxyl groups is 1. The monoisotopic (exact) mass is 371 g/mol. The number of benzene rings is 1. The number of carbonyl (C=O) groups excluding carboxylic acids is 1. The van der Waals surface area contributed by atoms with E-state index in [2.05, 4.69) is 15.3 Å². The number of aromatic hydroxyl groups is 1. The molecule has 134 valence electrons. The van der Waals surface area contributed by atoms with Crippen LogP contribution in [0.4, 0.5) is 0 Å². The minimum atomic E-state index is -0.794. The molecule has 2 heterocycles. The molecule has 0 unspecified atom stereocenters. The minimum absolute atomic E-state index is 0.205. The summed E-state index contributed by atoms with van der Waals surface area (Å²) in [6.45, 7) is -0.289. The third-order valence-corrected chi connectivity index (χ3v) is 4.62. The van der Waals surface area contributed by atoms with Gasteiger partial charge in [0.2, 0.25) is 5.75 Å². The number of aromatic nitrogens is 2. The lowest BCUT2D eigenvalue weighted by Gasteiger charge is -2.16. The lowest BCUT2D eigenvalue weighted by atomic mass is 10.1. The van der Waals surface area contributed by atoms with Gasteiger partial charge in [-0.2, -0.15) is 0 Å². The van der Waals surface area contributed by atoms with E-state index in [0.717, 1.165) is 5.56 Å². The Hall–Kier alpha value is -2.97. The van der Waals surface area contributed by atoms with Gasteiger partial charge in [-0.25, -0.2) is 4.98 Å². The van der Waals surface area contributed by atoms with E-state index in [1.807, 2.05) is 35.7 Å². The van der Waals surface area contributed by atoms with E-state index in [4.69, 9.17) is 0 Å². The number of hydrogen-bond acceptors (Lipinski definition) is 6.